The minimum atomic E-state index is -0.989. The zero-order valence-electron chi connectivity index (χ0n) is 19.1. The van der Waals surface area contributed by atoms with E-state index in [1.807, 2.05) is 60.7 Å². The van der Waals surface area contributed by atoms with Crippen LogP contribution >= 0.6 is 0 Å². The fourth-order valence-corrected chi connectivity index (χ4v) is 4.16. The van der Waals surface area contributed by atoms with Gasteiger partial charge in [0, 0.05) is 24.2 Å². The summed E-state index contributed by atoms with van der Waals surface area (Å²) >= 11 is 0. The first kappa shape index (κ1) is 24.2. The van der Waals surface area contributed by atoms with Crippen molar-refractivity contribution in [3.8, 4) is 5.75 Å². The van der Waals surface area contributed by atoms with Crippen LogP contribution in [-0.2, 0) is 35.0 Å². The Labute approximate surface area is 199 Å². The van der Waals surface area contributed by atoms with E-state index in [9.17, 15) is 15.0 Å². The van der Waals surface area contributed by atoms with Crippen molar-refractivity contribution in [1.82, 2.24) is 4.57 Å². The molecule has 0 radical (unpaired) electrons. The van der Waals surface area contributed by atoms with Crippen molar-refractivity contribution >= 4 is 0 Å². The molecule has 1 aromatic heterocycles. The summed E-state index contributed by atoms with van der Waals surface area (Å²) in [5.74, 6) is -0.766. The number of aromatic nitrogens is 1. The van der Waals surface area contributed by atoms with Gasteiger partial charge in [0.2, 0.25) is 5.43 Å². The van der Waals surface area contributed by atoms with Gasteiger partial charge in [-0.05, 0) is 18.4 Å². The summed E-state index contributed by atoms with van der Waals surface area (Å²) in [5.41, 5.74) is 2.06. The lowest BCUT2D eigenvalue weighted by Crippen LogP contribution is -2.37. The van der Waals surface area contributed by atoms with Crippen molar-refractivity contribution in [1.29, 1.82) is 0 Å². The van der Waals surface area contributed by atoms with Crippen LogP contribution < -0.4 is 10.2 Å². The summed E-state index contributed by atoms with van der Waals surface area (Å²) in [6, 6.07) is 20.8. The van der Waals surface area contributed by atoms with Crippen molar-refractivity contribution in [2.45, 2.75) is 50.9 Å². The van der Waals surface area contributed by atoms with E-state index in [1.165, 1.54) is 6.07 Å². The van der Waals surface area contributed by atoms with Crippen molar-refractivity contribution in [2.24, 2.45) is 0 Å². The molecule has 1 saturated heterocycles. The van der Waals surface area contributed by atoms with Gasteiger partial charge in [-0.2, -0.15) is 0 Å². The van der Waals surface area contributed by atoms with E-state index in [1.54, 1.807) is 10.8 Å². The average Bonchev–Trinajstić information content (AvgIpc) is 2.89. The van der Waals surface area contributed by atoms with Gasteiger partial charge in [0.05, 0.1) is 38.2 Å². The molecule has 7 heteroatoms. The van der Waals surface area contributed by atoms with Crippen LogP contribution in [0.15, 0.2) is 77.7 Å². The summed E-state index contributed by atoms with van der Waals surface area (Å²) < 4.78 is 20.3. The van der Waals surface area contributed by atoms with E-state index in [2.05, 4.69) is 0 Å². The van der Waals surface area contributed by atoms with Crippen molar-refractivity contribution < 1.29 is 24.4 Å². The Hall–Kier alpha value is -2.97. The lowest BCUT2D eigenvalue weighted by Gasteiger charge is -2.37. The zero-order valence-corrected chi connectivity index (χ0v) is 19.1. The van der Waals surface area contributed by atoms with Gasteiger partial charge >= 0.3 is 0 Å². The van der Waals surface area contributed by atoms with E-state index >= 15 is 0 Å². The Morgan fingerprint density at radius 1 is 1.00 bits per heavy atom. The Bertz CT molecular complexity index is 1090. The van der Waals surface area contributed by atoms with Crippen LogP contribution in [0.25, 0.3) is 0 Å². The second-order valence-corrected chi connectivity index (χ2v) is 8.43. The quantitative estimate of drug-likeness (QED) is 0.477. The van der Waals surface area contributed by atoms with Crippen LogP contribution in [0.5, 0.6) is 5.75 Å². The molecule has 1 aliphatic rings. The molecule has 2 atom stereocenters. The lowest BCUT2D eigenvalue weighted by atomic mass is 9.97. The molecule has 0 spiro atoms. The molecule has 7 nitrogen and oxygen atoms in total. The van der Waals surface area contributed by atoms with Crippen LogP contribution in [0.3, 0.4) is 0 Å². The number of hydrogen-bond acceptors (Lipinski definition) is 6. The van der Waals surface area contributed by atoms with Gasteiger partial charge in [-0.15, -0.1) is 0 Å². The number of benzene rings is 2. The molecule has 0 aliphatic carbocycles. The molecular weight excluding hydrogens is 434 g/mol. The number of ether oxygens (including phenoxy) is 3. The van der Waals surface area contributed by atoms with E-state index in [0.717, 1.165) is 24.0 Å². The van der Waals surface area contributed by atoms with E-state index in [4.69, 9.17) is 14.2 Å². The first-order valence-electron chi connectivity index (χ1n) is 11.6. The third-order valence-corrected chi connectivity index (χ3v) is 5.97. The molecule has 1 aliphatic heterocycles. The second kappa shape index (κ2) is 11.4. The van der Waals surface area contributed by atoms with Gasteiger partial charge in [-0.3, -0.25) is 4.79 Å². The number of hydrogen-bond donors (Lipinski definition) is 2. The number of aliphatic hydroxyl groups excluding tert-OH is 2. The van der Waals surface area contributed by atoms with Crippen molar-refractivity contribution in [3.05, 3.63) is 100.0 Å². The van der Waals surface area contributed by atoms with Gasteiger partial charge in [0.1, 0.15) is 6.61 Å². The molecule has 180 valence electrons. The minimum absolute atomic E-state index is 0.0350. The fourth-order valence-electron chi connectivity index (χ4n) is 4.16. The van der Waals surface area contributed by atoms with Crippen LogP contribution in [0, 0.1) is 0 Å². The van der Waals surface area contributed by atoms with Crippen LogP contribution in [0.1, 0.15) is 36.1 Å². The standard InChI is InChI=1S/C27H31NO6/c29-18-23(30)17-28-15-13-25(31)26(32-19-21-9-3-1-4-10-21)24(28)20-34-27(14-7-8-16-33-27)22-11-5-2-6-12-22/h1-6,9-13,15,23,29-30H,7-8,14,16-20H2. The molecule has 0 bridgehead atoms. The number of nitrogens with zero attached hydrogens (tertiary/aromatic N) is 1. The molecule has 3 aromatic rings. The van der Waals surface area contributed by atoms with Crippen LogP contribution in [0.4, 0.5) is 0 Å². The topological polar surface area (TPSA) is 90.2 Å². The Morgan fingerprint density at radius 2 is 1.74 bits per heavy atom. The predicted octanol–water partition coefficient (Wildman–Crippen LogP) is 3.35. The molecule has 0 amide bonds. The molecular formula is C27H31NO6. The van der Waals surface area contributed by atoms with Gasteiger partial charge in [-0.1, -0.05) is 60.7 Å². The third-order valence-electron chi connectivity index (χ3n) is 5.97. The highest BCUT2D eigenvalue weighted by Gasteiger charge is 2.37. The average molecular weight is 466 g/mol. The van der Waals surface area contributed by atoms with Crippen molar-refractivity contribution in [3.63, 3.8) is 0 Å². The molecule has 1 fully saturated rings. The van der Waals surface area contributed by atoms with E-state index < -0.39 is 18.5 Å². The second-order valence-electron chi connectivity index (χ2n) is 8.43. The van der Waals surface area contributed by atoms with Gasteiger partial charge in [0.25, 0.3) is 0 Å². The lowest BCUT2D eigenvalue weighted by molar-refractivity contribution is -0.272. The van der Waals surface area contributed by atoms with Crippen LogP contribution in [-0.4, -0.2) is 34.1 Å². The zero-order chi connectivity index (χ0) is 23.8. The van der Waals surface area contributed by atoms with Gasteiger partial charge in [0.15, 0.2) is 11.5 Å². The molecule has 0 saturated carbocycles. The fraction of sp³-hybridized carbons (Fsp3) is 0.370. The van der Waals surface area contributed by atoms with Crippen molar-refractivity contribution in [2.75, 3.05) is 13.2 Å². The first-order valence-corrected chi connectivity index (χ1v) is 11.6. The third kappa shape index (κ3) is 5.74. The number of pyridine rings is 1. The normalized spacial score (nSPS) is 19.0. The summed E-state index contributed by atoms with van der Waals surface area (Å²) in [5, 5.41) is 19.5. The number of aliphatic hydroxyl groups is 2. The molecule has 2 N–H and O–H groups in total. The van der Waals surface area contributed by atoms with E-state index in [-0.39, 0.29) is 30.9 Å². The monoisotopic (exact) mass is 465 g/mol. The molecule has 34 heavy (non-hydrogen) atoms. The largest absolute Gasteiger partial charge is 0.483 e. The highest BCUT2D eigenvalue weighted by molar-refractivity contribution is 5.29. The minimum Gasteiger partial charge on any atom is -0.483 e. The number of rotatable bonds is 10. The van der Waals surface area contributed by atoms with Gasteiger partial charge in [-0.25, -0.2) is 0 Å². The summed E-state index contributed by atoms with van der Waals surface area (Å²) in [6.45, 7) is 0.528. The molecule has 2 aromatic carbocycles. The molecule has 2 heterocycles. The Kier molecular flexibility index (Phi) is 8.13. The highest BCUT2D eigenvalue weighted by Crippen LogP contribution is 2.37. The molecule has 2 unspecified atom stereocenters. The summed E-state index contributed by atoms with van der Waals surface area (Å²) in [6.07, 6.45) is 3.20. The Morgan fingerprint density at radius 3 is 2.41 bits per heavy atom. The SMILES string of the molecule is O=c1ccn(CC(O)CO)c(COC2(c3ccccc3)CCCCO2)c1OCc1ccccc1. The van der Waals surface area contributed by atoms with E-state index in [0.29, 0.717) is 18.7 Å². The summed E-state index contributed by atoms with van der Waals surface area (Å²) in [4.78, 5) is 12.8. The maximum Gasteiger partial charge on any atom is 0.223 e. The molecule has 4 rings (SSSR count). The maximum absolute atomic E-state index is 12.8. The highest BCUT2D eigenvalue weighted by atomic mass is 16.7. The van der Waals surface area contributed by atoms with Crippen LogP contribution in [0.2, 0.25) is 0 Å². The Balaban J connectivity index is 1.66. The predicted molar refractivity (Wildman–Crippen MR) is 127 cm³/mol. The van der Waals surface area contributed by atoms with Gasteiger partial charge < -0.3 is 29.0 Å². The first-order chi connectivity index (χ1) is 16.6. The maximum atomic E-state index is 12.8. The smallest absolute Gasteiger partial charge is 0.223 e. The summed E-state index contributed by atoms with van der Waals surface area (Å²) in [7, 11) is 0.